The van der Waals surface area contributed by atoms with Crippen LogP contribution in [0, 0.1) is 6.92 Å². The first kappa shape index (κ1) is 14.7. The Morgan fingerprint density at radius 2 is 1.90 bits per heavy atom. The molecule has 0 saturated heterocycles. The molecular formula is C16H16N2O3. The summed E-state index contributed by atoms with van der Waals surface area (Å²) in [5, 5.41) is 4.14. The molecule has 0 fully saturated rings. The van der Waals surface area contributed by atoms with Crippen molar-refractivity contribution in [3.8, 4) is 0 Å². The molecule has 108 valence electrons. The first-order chi connectivity index (χ1) is 10.0. The lowest BCUT2D eigenvalue weighted by atomic mass is 10.1. The molecule has 1 aromatic heterocycles. The van der Waals surface area contributed by atoms with Gasteiger partial charge >= 0.3 is 5.97 Å². The Morgan fingerprint density at radius 3 is 2.43 bits per heavy atom. The van der Waals surface area contributed by atoms with Crippen LogP contribution in [0.2, 0.25) is 0 Å². The number of esters is 1. The minimum Gasteiger partial charge on any atom is -0.465 e. The third-order valence-electron chi connectivity index (χ3n) is 3.04. The summed E-state index contributed by atoms with van der Waals surface area (Å²) in [4.78, 5) is 23.4. The number of carbonyl (C=O) groups excluding carboxylic acids is 2. The maximum atomic E-state index is 12.1. The Hall–Kier alpha value is -2.69. The highest BCUT2D eigenvalue weighted by Crippen LogP contribution is 2.10. The van der Waals surface area contributed by atoms with Gasteiger partial charge in [-0.15, -0.1) is 0 Å². The van der Waals surface area contributed by atoms with Gasteiger partial charge in [-0.05, 0) is 30.7 Å². The van der Waals surface area contributed by atoms with Crippen molar-refractivity contribution in [2.24, 2.45) is 7.05 Å². The van der Waals surface area contributed by atoms with Gasteiger partial charge < -0.3 is 4.74 Å². The quantitative estimate of drug-likeness (QED) is 0.491. The highest BCUT2D eigenvalue weighted by molar-refractivity contribution is 6.07. The first-order valence-corrected chi connectivity index (χ1v) is 6.42. The molecule has 0 bridgehead atoms. The van der Waals surface area contributed by atoms with E-state index in [9.17, 15) is 9.59 Å². The molecule has 5 nitrogen and oxygen atoms in total. The van der Waals surface area contributed by atoms with Crippen molar-refractivity contribution >= 4 is 17.8 Å². The molecule has 0 spiro atoms. The number of benzene rings is 1. The van der Waals surface area contributed by atoms with Crippen molar-refractivity contribution in [2.45, 2.75) is 6.92 Å². The van der Waals surface area contributed by atoms with Gasteiger partial charge in [0.1, 0.15) is 0 Å². The van der Waals surface area contributed by atoms with Gasteiger partial charge in [0.25, 0.3) is 0 Å². The van der Waals surface area contributed by atoms with Gasteiger partial charge in [0.2, 0.25) is 0 Å². The summed E-state index contributed by atoms with van der Waals surface area (Å²) in [5.74, 6) is -0.481. The summed E-state index contributed by atoms with van der Waals surface area (Å²) in [6.07, 6.45) is 4.90. The van der Waals surface area contributed by atoms with Gasteiger partial charge in [-0.3, -0.25) is 9.48 Å². The number of aryl methyl sites for hydroxylation is 2. The van der Waals surface area contributed by atoms with E-state index in [2.05, 4.69) is 9.84 Å². The van der Waals surface area contributed by atoms with Crippen molar-refractivity contribution < 1.29 is 14.3 Å². The molecule has 0 amide bonds. The number of ketones is 1. The normalized spacial score (nSPS) is 10.8. The van der Waals surface area contributed by atoms with E-state index in [-0.39, 0.29) is 11.8 Å². The largest absolute Gasteiger partial charge is 0.465 e. The molecule has 0 atom stereocenters. The van der Waals surface area contributed by atoms with E-state index in [0.717, 1.165) is 5.56 Å². The zero-order valence-electron chi connectivity index (χ0n) is 12.2. The van der Waals surface area contributed by atoms with Crippen molar-refractivity contribution in [2.75, 3.05) is 7.11 Å². The van der Waals surface area contributed by atoms with E-state index in [1.54, 1.807) is 55.2 Å². The number of hydrogen-bond acceptors (Lipinski definition) is 4. The highest BCUT2D eigenvalue weighted by Gasteiger charge is 2.09. The number of hydrogen-bond donors (Lipinski definition) is 0. The van der Waals surface area contributed by atoms with Gasteiger partial charge in [-0.1, -0.05) is 18.2 Å². The maximum absolute atomic E-state index is 12.1. The fourth-order valence-corrected chi connectivity index (χ4v) is 1.95. The molecule has 0 N–H and O–H groups in total. The number of nitrogens with zero attached hydrogens (tertiary/aromatic N) is 2. The smallest absolute Gasteiger partial charge is 0.337 e. The standard InChI is InChI=1S/C16H16N2O3/c1-11-14(10-18(2)17-11)15(19)9-6-12-4-7-13(8-5-12)16(20)21-3/h4-10H,1-3H3. The van der Waals surface area contributed by atoms with E-state index in [1.165, 1.54) is 13.2 Å². The molecule has 0 unspecified atom stereocenters. The molecule has 0 aliphatic carbocycles. The predicted octanol–water partition coefficient (Wildman–Crippen LogP) is 2.41. The number of methoxy groups -OCH3 is 1. The first-order valence-electron chi connectivity index (χ1n) is 6.42. The number of carbonyl (C=O) groups is 2. The van der Waals surface area contributed by atoms with Crippen LogP contribution in [0.4, 0.5) is 0 Å². The zero-order chi connectivity index (χ0) is 15.4. The number of rotatable bonds is 4. The minimum atomic E-state index is -0.382. The third-order valence-corrected chi connectivity index (χ3v) is 3.04. The molecule has 1 heterocycles. The molecule has 0 saturated carbocycles. The van der Waals surface area contributed by atoms with Crippen LogP contribution in [0.25, 0.3) is 6.08 Å². The second-order valence-corrected chi connectivity index (χ2v) is 4.61. The Bertz CT molecular complexity index is 697. The van der Waals surface area contributed by atoms with Crippen molar-refractivity contribution in [3.05, 3.63) is 58.9 Å². The van der Waals surface area contributed by atoms with E-state index >= 15 is 0 Å². The van der Waals surface area contributed by atoms with Crippen LogP contribution in [-0.2, 0) is 11.8 Å². The Kier molecular flexibility index (Phi) is 4.33. The summed E-state index contributed by atoms with van der Waals surface area (Å²) >= 11 is 0. The van der Waals surface area contributed by atoms with Crippen LogP contribution in [0.15, 0.2) is 36.5 Å². The Morgan fingerprint density at radius 1 is 1.24 bits per heavy atom. The third kappa shape index (κ3) is 3.45. The summed E-state index contributed by atoms with van der Waals surface area (Å²) in [6, 6.07) is 6.83. The van der Waals surface area contributed by atoms with Gasteiger partial charge in [-0.2, -0.15) is 5.10 Å². The van der Waals surface area contributed by atoms with E-state index < -0.39 is 0 Å². The number of ether oxygens (including phenoxy) is 1. The molecule has 2 aromatic rings. The summed E-state index contributed by atoms with van der Waals surface area (Å²) in [5.41, 5.74) is 2.59. The lowest BCUT2D eigenvalue weighted by Gasteiger charge is -1.99. The number of allylic oxidation sites excluding steroid dienone is 1. The van der Waals surface area contributed by atoms with Crippen LogP contribution in [-0.4, -0.2) is 28.6 Å². The van der Waals surface area contributed by atoms with Crippen molar-refractivity contribution in [3.63, 3.8) is 0 Å². The minimum absolute atomic E-state index is 0.0994. The van der Waals surface area contributed by atoms with Crippen LogP contribution in [0.5, 0.6) is 0 Å². The van der Waals surface area contributed by atoms with Crippen LogP contribution >= 0.6 is 0 Å². The molecule has 0 aliphatic rings. The average molecular weight is 284 g/mol. The van der Waals surface area contributed by atoms with Crippen molar-refractivity contribution in [1.82, 2.24) is 9.78 Å². The van der Waals surface area contributed by atoms with Gasteiger partial charge in [0, 0.05) is 13.2 Å². The fourth-order valence-electron chi connectivity index (χ4n) is 1.95. The lowest BCUT2D eigenvalue weighted by molar-refractivity contribution is 0.0600. The molecule has 1 aromatic carbocycles. The van der Waals surface area contributed by atoms with Crippen LogP contribution in [0.1, 0.15) is 32.0 Å². The Balaban J connectivity index is 2.12. The van der Waals surface area contributed by atoms with E-state index in [0.29, 0.717) is 16.8 Å². The van der Waals surface area contributed by atoms with E-state index in [1.807, 2.05) is 0 Å². The number of aromatic nitrogens is 2. The van der Waals surface area contributed by atoms with E-state index in [4.69, 9.17) is 0 Å². The highest BCUT2D eigenvalue weighted by atomic mass is 16.5. The molecule has 2 rings (SSSR count). The zero-order valence-corrected chi connectivity index (χ0v) is 12.2. The molecule has 21 heavy (non-hydrogen) atoms. The molecule has 0 radical (unpaired) electrons. The van der Waals surface area contributed by atoms with Crippen LogP contribution in [0.3, 0.4) is 0 Å². The molecular weight excluding hydrogens is 268 g/mol. The van der Waals surface area contributed by atoms with Gasteiger partial charge in [0.05, 0.1) is 23.9 Å². The average Bonchev–Trinajstić information content (AvgIpc) is 2.83. The summed E-state index contributed by atoms with van der Waals surface area (Å²) < 4.78 is 6.24. The van der Waals surface area contributed by atoms with Gasteiger partial charge in [-0.25, -0.2) is 4.79 Å². The van der Waals surface area contributed by atoms with Crippen molar-refractivity contribution in [1.29, 1.82) is 0 Å². The molecule has 0 aliphatic heterocycles. The second kappa shape index (κ2) is 6.17. The van der Waals surface area contributed by atoms with Gasteiger partial charge in [0.15, 0.2) is 5.78 Å². The second-order valence-electron chi connectivity index (χ2n) is 4.61. The molecule has 5 heteroatoms. The maximum Gasteiger partial charge on any atom is 0.337 e. The van der Waals surface area contributed by atoms with Crippen LogP contribution < -0.4 is 0 Å². The topological polar surface area (TPSA) is 61.2 Å². The fraction of sp³-hybridized carbons (Fsp3) is 0.188. The summed E-state index contributed by atoms with van der Waals surface area (Å²) in [6.45, 7) is 1.80. The summed E-state index contributed by atoms with van der Waals surface area (Å²) in [7, 11) is 3.12. The Labute approximate surface area is 122 Å². The monoisotopic (exact) mass is 284 g/mol. The lowest BCUT2D eigenvalue weighted by Crippen LogP contribution is -2.00. The predicted molar refractivity (Wildman–Crippen MR) is 79.1 cm³/mol. The SMILES string of the molecule is COC(=O)c1ccc(C=CC(=O)c2cn(C)nc2C)cc1.